The first kappa shape index (κ1) is 14.9. The molecule has 0 radical (unpaired) electrons. The second kappa shape index (κ2) is 6.38. The van der Waals surface area contributed by atoms with Gasteiger partial charge in [0, 0.05) is 11.8 Å². The van der Waals surface area contributed by atoms with Gasteiger partial charge in [0.05, 0.1) is 14.2 Å². The molecule has 1 amide bonds. The van der Waals surface area contributed by atoms with Crippen LogP contribution in [0.2, 0.25) is 0 Å². The predicted octanol–water partition coefficient (Wildman–Crippen LogP) is 2.86. The van der Waals surface area contributed by atoms with E-state index in [1.165, 1.54) is 25.7 Å². The van der Waals surface area contributed by atoms with E-state index in [9.17, 15) is 4.79 Å². The van der Waals surface area contributed by atoms with Crippen molar-refractivity contribution >= 4 is 12.1 Å². The van der Waals surface area contributed by atoms with Crippen molar-refractivity contribution in [2.75, 3.05) is 14.2 Å². The van der Waals surface area contributed by atoms with Gasteiger partial charge >= 0.3 is 0 Å². The Labute approximate surface area is 130 Å². The van der Waals surface area contributed by atoms with Gasteiger partial charge in [0.2, 0.25) is 0 Å². The first-order chi connectivity index (χ1) is 10.7. The summed E-state index contributed by atoms with van der Waals surface area (Å²) in [5, 5.41) is 4.15. The molecule has 3 atom stereocenters. The third kappa shape index (κ3) is 2.93. The summed E-state index contributed by atoms with van der Waals surface area (Å²) >= 11 is 0. The lowest BCUT2D eigenvalue weighted by Gasteiger charge is -2.16. The van der Waals surface area contributed by atoms with E-state index in [1.54, 1.807) is 32.4 Å². The highest BCUT2D eigenvalue weighted by molar-refractivity contribution is 5.95. The monoisotopic (exact) mass is 302 g/mol. The van der Waals surface area contributed by atoms with Gasteiger partial charge in [-0.15, -0.1) is 0 Å². The molecule has 0 aromatic heterocycles. The van der Waals surface area contributed by atoms with Gasteiger partial charge in [0.25, 0.3) is 5.91 Å². The molecular weight excluding hydrogens is 280 g/mol. The summed E-state index contributed by atoms with van der Waals surface area (Å²) in [5.41, 5.74) is 3.11. The highest BCUT2D eigenvalue weighted by Crippen LogP contribution is 2.47. The molecule has 0 aliphatic heterocycles. The molecule has 5 heteroatoms. The van der Waals surface area contributed by atoms with E-state index in [0.29, 0.717) is 23.0 Å². The van der Waals surface area contributed by atoms with E-state index in [0.717, 1.165) is 11.8 Å². The van der Waals surface area contributed by atoms with Crippen LogP contribution in [0.25, 0.3) is 0 Å². The molecule has 1 aromatic carbocycles. The molecule has 1 aromatic rings. The van der Waals surface area contributed by atoms with Gasteiger partial charge in [-0.3, -0.25) is 4.79 Å². The van der Waals surface area contributed by atoms with Crippen molar-refractivity contribution < 1.29 is 14.3 Å². The fraction of sp³-hybridized carbons (Fsp3) is 0.529. The molecule has 0 saturated heterocycles. The van der Waals surface area contributed by atoms with Crippen LogP contribution in [0, 0.1) is 17.8 Å². The van der Waals surface area contributed by atoms with E-state index in [-0.39, 0.29) is 5.91 Å². The van der Waals surface area contributed by atoms with Gasteiger partial charge in [0.1, 0.15) is 0 Å². The molecule has 22 heavy (non-hydrogen) atoms. The van der Waals surface area contributed by atoms with Crippen LogP contribution in [-0.2, 0) is 0 Å². The van der Waals surface area contributed by atoms with Crippen LogP contribution in [0.5, 0.6) is 11.5 Å². The number of hydrogen-bond acceptors (Lipinski definition) is 4. The summed E-state index contributed by atoms with van der Waals surface area (Å²) in [6.45, 7) is 0. The van der Waals surface area contributed by atoms with E-state index in [2.05, 4.69) is 10.5 Å². The number of carbonyl (C=O) groups excluding carboxylic acids is 1. The number of nitrogens with one attached hydrogen (secondary N) is 1. The van der Waals surface area contributed by atoms with Crippen molar-refractivity contribution in [1.82, 2.24) is 5.43 Å². The maximum atomic E-state index is 12.1. The van der Waals surface area contributed by atoms with Gasteiger partial charge in [-0.05, 0) is 55.2 Å². The summed E-state index contributed by atoms with van der Waals surface area (Å²) in [6, 6.07) is 5.07. The van der Waals surface area contributed by atoms with E-state index >= 15 is 0 Å². The van der Waals surface area contributed by atoms with Crippen molar-refractivity contribution in [1.29, 1.82) is 0 Å². The van der Waals surface area contributed by atoms with Gasteiger partial charge < -0.3 is 9.47 Å². The Morgan fingerprint density at radius 1 is 1.23 bits per heavy atom. The molecule has 2 bridgehead atoms. The molecule has 0 heterocycles. The van der Waals surface area contributed by atoms with Crippen LogP contribution in [0.15, 0.2) is 23.3 Å². The van der Waals surface area contributed by atoms with Gasteiger partial charge in [0.15, 0.2) is 11.5 Å². The van der Waals surface area contributed by atoms with Gasteiger partial charge in [-0.25, -0.2) is 5.43 Å². The summed E-state index contributed by atoms with van der Waals surface area (Å²) in [7, 11) is 3.12. The zero-order valence-electron chi connectivity index (χ0n) is 13.0. The molecular formula is C17H22N2O3. The summed E-state index contributed by atoms with van der Waals surface area (Å²) < 4.78 is 10.4. The van der Waals surface area contributed by atoms with Crippen LogP contribution in [0.3, 0.4) is 0 Å². The quantitative estimate of drug-likeness (QED) is 0.672. The SMILES string of the molecule is COc1ccc(C(=O)N/N=C\[C@H]2C[C@H]3CC[C@@H]2C3)cc1OC. The lowest BCUT2D eigenvalue weighted by Crippen LogP contribution is -2.20. The Morgan fingerprint density at radius 3 is 2.68 bits per heavy atom. The lowest BCUT2D eigenvalue weighted by molar-refractivity contribution is 0.0954. The molecule has 3 rings (SSSR count). The summed E-state index contributed by atoms with van der Waals surface area (Å²) in [6.07, 6.45) is 7.15. The maximum absolute atomic E-state index is 12.1. The van der Waals surface area contributed by atoms with Crippen LogP contribution in [-0.4, -0.2) is 26.3 Å². The Bertz CT molecular complexity index is 585. The lowest BCUT2D eigenvalue weighted by atomic mass is 9.90. The average Bonchev–Trinajstić information content (AvgIpc) is 3.17. The Morgan fingerprint density at radius 2 is 2.05 bits per heavy atom. The molecule has 0 spiro atoms. The largest absolute Gasteiger partial charge is 0.493 e. The van der Waals surface area contributed by atoms with Crippen molar-refractivity contribution in [3.63, 3.8) is 0 Å². The second-order valence-corrected chi connectivity index (χ2v) is 6.13. The van der Waals surface area contributed by atoms with Gasteiger partial charge in [-0.2, -0.15) is 5.10 Å². The van der Waals surface area contributed by atoms with Crippen LogP contribution in [0.4, 0.5) is 0 Å². The number of benzene rings is 1. The van der Waals surface area contributed by atoms with Crippen molar-refractivity contribution in [2.45, 2.75) is 25.7 Å². The minimum Gasteiger partial charge on any atom is -0.493 e. The molecule has 118 valence electrons. The molecule has 0 unspecified atom stereocenters. The summed E-state index contributed by atoms with van der Waals surface area (Å²) in [5.74, 6) is 3.08. The highest BCUT2D eigenvalue weighted by atomic mass is 16.5. The topological polar surface area (TPSA) is 59.9 Å². The van der Waals surface area contributed by atoms with Crippen LogP contribution < -0.4 is 14.9 Å². The second-order valence-electron chi connectivity index (χ2n) is 6.13. The minimum atomic E-state index is -0.236. The number of ether oxygens (including phenoxy) is 2. The van der Waals surface area contributed by atoms with Crippen LogP contribution in [0.1, 0.15) is 36.0 Å². The Kier molecular flexibility index (Phi) is 4.32. The number of nitrogens with zero attached hydrogens (tertiary/aromatic N) is 1. The predicted molar refractivity (Wildman–Crippen MR) is 84.4 cm³/mol. The number of hydrazone groups is 1. The first-order valence-electron chi connectivity index (χ1n) is 7.76. The number of methoxy groups -OCH3 is 2. The average molecular weight is 302 g/mol. The number of hydrogen-bond donors (Lipinski definition) is 1. The number of carbonyl (C=O) groups is 1. The standard InChI is InChI=1S/C17H22N2O3/c1-21-15-6-5-13(9-16(15)22-2)17(20)19-18-10-14-8-11-3-4-12(14)7-11/h5-6,9-12,14H,3-4,7-8H2,1-2H3,(H,19,20)/b18-10-/t11-,12+,14+/m0/s1. The fourth-order valence-corrected chi connectivity index (χ4v) is 3.71. The summed E-state index contributed by atoms with van der Waals surface area (Å²) in [4.78, 5) is 12.1. The molecule has 2 fully saturated rings. The van der Waals surface area contributed by atoms with Gasteiger partial charge in [-0.1, -0.05) is 6.42 Å². The third-order valence-corrected chi connectivity index (χ3v) is 4.87. The van der Waals surface area contributed by atoms with Crippen molar-refractivity contribution in [3.8, 4) is 11.5 Å². The fourth-order valence-electron chi connectivity index (χ4n) is 3.71. The number of rotatable bonds is 5. The number of fused-ring (bicyclic) bond motifs is 2. The Balaban J connectivity index is 1.60. The molecule has 2 saturated carbocycles. The molecule has 5 nitrogen and oxygen atoms in total. The third-order valence-electron chi connectivity index (χ3n) is 4.87. The zero-order chi connectivity index (χ0) is 15.5. The number of amides is 1. The van der Waals surface area contributed by atoms with E-state index in [1.807, 2.05) is 6.21 Å². The normalized spacial score (nSPS) is 26.4. The molecule has 1 N–H and O–H groups in total. The molecule has 2 aliphatic rings. The van der Waals surface area contributed by atoms with Crippen molar-refractivity contribution in [2.24, 2.45) is 22.9 Å². The molecule has 2 aliphatic carbocycles. The van der Waals surface area contributed by atoms with Crippen molar-refractivity contribution in [3.05, 3.63) is 23.8 Å². The Hall–Kier alpha value is -2.04. The first-order valence-corrected chi connectivity index (χ1v) is 7.76. The highest BCUT2D eigenvalue weighted by Gasteiger charge is 2.38. The smallest absolute Gasteiger partial charge is 0.271 e. The van der Waals surface area contributed by atoms with E-state index in [4.69, 9.17) is 9.47 Å². The maximum Gasteiger partial charge on any atom is 0.271 e. The van der Waals surface area contributed by atoms with Crippen LogP contribution >= 0.6 is 0 Å². The zero-order valence-corrected chi connectivity index (χ0v) is 13.0. The minimum absolute atomic E-state index is 0.236. The van der Waals surface area contributed by atoms with E-state index < -0.39 is 0 Å².